The lowest BCUT2D eigenvalue weighted by molar-refractivity contribution is -0.129. The second kappa shape index (κ2) is 2.35. The van der Waals surface area contributed by atoms with Crippen LogP contribution < -0.4 is 5.32 Å². The number of likely N-dealkylation sites (N-methyl/N-ethyl adjacent to an activating group) is 1. The van der Waals surface area contributed by atoms with Crippen LogP contribution in [0, 0.1) is 5.92 Å². The number of hydrogen-bond acceptors (Lipinski definition) is 2. The molecule has 0 aromatic heterocycles. The van der Waals surface area contributed by atoms with Crippen molar-refractivity contribution in [2.75, 3.05) is 7.05 Å². The molecule has 0 amide bonds. The number of carbonyl (C=O) groups is 1. The van der Waals surface area contributed by atoms with Gasteiger partial charge in [0.25, 0.3) is 0 Å². The van der Waals surface area contributed by atoms with Crippen molar-refractivity contribution in [3.05, 3.63) is 0 Å². The molecule has 2 atom stereocenters. The van der Waals surface area contributed by atoms with Gasteiger partial charge in [-0.3, -0.25) is 4.79 Å². The highest BCUT2D eigenvalue weighted by molar-refractivity contribution is 5.87. The van der Waals surface area contributed by atoms with E-state index in [2.05, 4.69) is 12.2 Å². The van der Waals surface area contributed by atoms with Crippen molar-refractivity contribution >= 4 is 5.78 Å². The fourth-order valence-electron chi connectivity index (χ4n) is 1.79. The number of hydrogen-bond donors (Lipinski definition) is 1. The van der Waals surface area contributed by atoms with Crippen molar-refractivity contribution in [1.82, 2.24) is 5.32 Å². The van der Waals surface area contributed by atoms with E-state index in [4.69, 9.17) is 0 Å². The maximum absolute atomic E-state index is 11.1. The highest BCUT2D eigenvalue weighted by Gasteiger charge is 2.46. The SMILES string of the molecule is CNC1(C(C)=O)CCC1C. The Bertz CT molecular complexity index is 151. The summed E-state index contributed by atoms with van der Waals surface area (Å²) in [5, 5.41) is 3.11. The van der Waals surface area contributed by atoms with Crippen molar-refractivity contribution < 1.29 is 4.79 Å². The fourth-order valence-corrected chi connectivity index (χ4v) is 1.79. The molecule has 0 heterocycles. The molecule has 1 aliphatic rings. The number of carbonyl (C=O) groups excluding carboxylic acids is 1. The minimum Gasteiger partial charge on any atom is -0.308 e. The molecule has 58 valence electrons. The molecule has 0 aromatic rings. The highest BCUT2D eigenvalue weighted by atomic mass is 16.1. The maximum Gasteiger partial charge on any atom is 0.150 e. The van der Waals surface area contributed by atoms with Crippen LogP contribution in [0.2, 0.25) is 0 Å². The van der Waals surface area contributed by atoms with E-state index in [9.17, 15) is 4.79 Å². The highest BCUT2D eigenvalue weighted by Crippen LogP contribution is 2.38. The van der Waals surface area contributed by atoms with Crippen LogP contribution in [-0.4, -0.2) is 18.4 Å². The summed E-state index contributed by atoms with van der Waals surface area (Å²) in [6.07, 6.45) is 2.19. The smallest absolute Gasteiger partial charge is 0.150 e. The summed E-state index contributed by atoms with van der Waals surface area (Å²) in [6, 6.07) is 0. The summed E-state index contributed by atoms with van der Waals surface area (Å²) in [5.41, 5.74) is -0.167. The number of Topliss-reactive ketones (excluding diaryl/α,β-unsaturated/α-hetero) is 1. The zero-order chi connectivity index (χ0) is 7.78. The third-order valence-corrected chi connectivity index (χ3v) is 2.89. The van der Waals surface area contributed by atoms with Crippen LogP contribution in [-0.2, 0) is 4.79 Å². The molecule has 2 unspecified atom stereocenters. The lowest BCUT2D eigenvalue weighted by Gasteiger charge is -2.46. The maximum atomic E-state index is 11.1. The van der Waals surface area contributed by atoms with Crippen LogP contribution in [0.25, 0.3) is 0 Å². The molecule has 1 aliphatic carbocycles. The molecule has 1 N–H and O–H groups in total. The van der Waals surface area contributed by atoms with Gasteiger partial charge in [-0.25, -0.2) is 0 Å². The van der Waals surface area contributed by atoms with Gasteiger partial charge < -0.3 is 5.32 Å². The van der Waals surface area contributed by atoms with E-state index in [0.29, 0.717) is 5.92 Å². The van der Waals surface area contributed by atoms with Crippen molar-refractivity contribution in [3.63, 3.8) is 0 Å². The zero-order valence-electron chi connectivity index (χ0n) is 6.90. The molecular weight excluding hydrogens is 126 g/mol. The van der Waals surface area contributed by atoms with Crippen LogP contribution in [0.3, 0.4) is 0 Å². The Hall–Kier alpha value is -0.370. The Morgan fingerprint density at radius 1 is 1.70 bits per heavy atom. The first-order chi connectivity index (χ1) is 4.63. The summed E-state index contributed by atoms with van der Waals surface area (Å²) in [5.74, 6) is 0.809. The van der Waals surface area contributed by atoms with Gasteiger partial charge in [0.15, 0.2) is 0 Å². The minimum absolute atomic E-state index is 0.167. The fraction of sp³-hybridized carbons (Fsp3) is 0.875. The molecule has 1 saturated carbocycles. The standard InChI is InChI=1S/C8H15NO/c1-6-4-5-8(6,9-3)7(2)10/h6,9H,4-5H2,1-3H3. The normalized spacial score (nSPS) is 38.9. The molecule has 0 bridgehead atoms. The quantitative estimate of drug-likeness (QED) is 0.620. The zero-order valence-corrected chi connectivity index (χ0v) is 6.90. The molecule has 0 aliphatic heterocycles. The molecule has 0 radical (unpaired) electrons. The van der Waals surface area contributed by atoms with Gasteiger partial charge in [-0.1, -0.05) is 6.92 Å². The predicted molar refractivity (Wildman–Crippen MR) is 40.9 cm³/mol. The first kappa shape index (κ1) is 7.73. The number of nitrogens with one attached hydrogen (secondary N) is 1. The average Bonchev–Trinajstić information content (AvgIpc) is 1.86. The lowest BCUT2D eigenvalue weighted by atomic mass is 9.65. The third kappa shape index (κ3) is 0.788. The van der Waals surface area contributed by atoms with E-state index >= 15 is 0 Å². The Kier molecular flexibility index (Phi) is 1.82. The van der Waals surface area contributed by atoms with Gasteiger partial charge >= 0.3 is 0 Å². The summed E-state index contributed by atoms with van der Waals surface area (Å²) in [7, 11) is 1.87. The van der Waals surface area contributed by atoms with Gasteiger partial charge in [-0.2, -0.15) is 0 Å². The van der Waals surface area contributed by atoms with Gasteiger partial charge in [0, 0.05) is 0 Å². The molecule has 2 nitrogen and oxygen atoms in total. The van der Waals surface area contributed by atoms with E-state index < -0.39 is 0 Å². The second-order valence-corrected chi connectivity index (χ2v) is 3.22. The summed E-state index contributed by atoms with van der Waals surface area (Å²) < 4.78 is 0. The molecule has 0 aromatic carbocycles. The summed E-state index contributed by atoms with van der Waals surface area (Å²) >= 11 is 0. The first-order valence-corrected chi connectivity index (χ1v) is 3.83. The van der Waals surface area contributed by atoms with Gasteiger partial charge in [0.05, 0.1) is 5.54 Å². The first-order valence-electron chi connectivity index (χ1n) is 3.83. The van der Waals surface area contributed by atoms with Gasteiger partial charge in [-0.05, 0) is 32.7 Å². The van der Waals surface area contributed by atoms with Gasteiger partial charge in [0.2, 0.25) is 0 Å². The van der Waals surface area contributed by atoms with Crippen LogP contribution in [0.5, 0.6) is 0 Å². The van der Waals surface area contributed by atoms with E-state index in [-0.39, 0.29) is 11.3 Å². The van der Waals surface area contributed by atoms with E-state index in [0.717, 1.165) is 6.42 Å². The van der Waals surface area contributed by atoms with Crippen LogP contribution in [0.15, 0.2) is 0 Å². The largest absolute Gasteiger partial charge is 0.308 e. The van der Waals surface area contributed by atoms with Gasteiger partial charge in [-0.15, -0.1) is 0 Å². The summed E-state index contributed by atoms with van der Waals surface area (Å²) in [4.78, 5) is 11.1. The van der Waals surface area contributed by atoms with Crippen LogP contribution in [0.1, 0.15) is 26.7 Å². The Morgan fingerprint density at radius 2 is 2.30 bits per heavy atom. The van der Waals surface area contributed by atoms with E-state index in [1.165, 1.54) is 6.42 Å². The lowest BCUT2D eigenvalue weighted by Crippen LogP contribution is -2.60. The summed E-state index contributed by atoms with van der Waals surface area (Å²) in [6.45, 7) is 3.80. The monoisotopic (exact) mass is 141 g/mol. The van der Waals surface area contributed by atoms with Crippen molar-refractivity contribution in [2.24, 2.45) is 5.92 Å². The average molecular weight is 141 g/mol. The Balaban J connectivity index is 2.69. The molecule has 1 fully saturated rings. The van der Waals surface area contributed by atoms with Crippen molar-refractivity contribution in [2.45, 2.75) is 32.2 Å². The molecule has 0 spiro atoms. The van der Waals surface area contributed by atoms with Crippen molar-refractivity contribution in [1.29, 1.82) is 0 Å². The van der Waals surface area contributed by atoms with E-state index in [1.54, 1.807) is 6.92 Å². The predicted octanol–water partition coefficient (Wildman–Crippen LogP) is 0.963. The molecule has 2 heteroatoms. The van der Waals surface area contributed by atoms with Gasteiger partial charge in [0.1, 0.15) is 5.78 Å². The van der Waals surface area contributed by atoms with Crippen LogP contribution >= 0.6 is 0 Å². The second-order valence-electron chi connectivity index (χ2n) is 3.22. The topological polar surface area (TPSA) is 29.1 Å². The molecular formula is C8H15NO. The Morgan fingerprint density at radius 3 is 2.30 bits per heavy atom. The van der Waals surface area contributed by atoms with Crippen molar-refractivity contribution in [3.8, 4) is 0 Å². The number of rotatable bonds is 2. The van der Waals surface area contributed by atoms with Crippen LogP contribution in [0.4, 0.5) is 0 Å². The third-order valence-electron chi connectivity index (χ3n) is 2.89. The molecule has 0 saturated heterocycles. The minimum atomic E-state index is -0.167. The Labute approximate surface area is 62.0 Å². The number of ketones is 1. The van der Waals surface area contributed by atoms with E-state index in [1.807, 2.05) is 7.05 Å². The molecule has 10 heavy (non-hydrogen) atoms. The molecule has 1 rings (SSSR count).